The molecule has 0 unspecified atom stereocenters. The van der Waals surface area contributed by atoms with E-state index in [1.165, 1.54) is 23.1 Å². The van der Waals surface area contributed by atoms with Gasteiger partial charge in [-0.1, -0.05) is 11.3 Å². The zero-order valence-electron chi connectivity index (χ0n) is 22.7. The number of alkyl halides is 3. The molecule has 0 aromatic carbocycles. The van der Waals surface area contributed by atoms with Crippen LogP contribution >= 0.6 is 23.1 Å². The third-order valence-electron chi connectivity index (χ3n) is 6.43. The number of hydrogen-bond donors (Lipinski definition) is 3. The number of rotatable bonds is 7. The van der Waals surface area contributed by atoms with Gasteiger partial charge < -0.3 is 25.6 Å². The predicted octanol–water partition coefficient (Wildman–Crippen LogP) is -0.689. The number of allylic oxidation sites excluding steroid dienone is 1. The molecule has 5 heterocycles. The van der Waals surface area contributed by atoms with E-state index in [0.717, 1.165) is 15.5 Å². The maximum absolute atomic E-state index is 13.1. The maximum atomic E-state index is 13.1. The van der Waals surface area contributed by atoms with Crippen molar-refractivity contribution in [3.05, 3.63) is 58.0 Å². The lowest BCUT2D eigenvalue weighted by Crippen LogP contribution is -2.69. The minimum absolute atomic E-state index is 0.0727. The largest absolute Gasteiger partial charge is 0.543 e. The molecule has 2 aromatic rings. The molecule has 2 atom stereocenters. The second-order valence-corrected chi connectivity index (χ2v) is 11.9. The smallest absolute Gasteiger partial charge is 0.490 e. The molecule has 3 aliphatic heterocycles. The molecule has 44 heavy (non-hydrogen) atoms. The molecule has 3 amide bonds. The first-order valence-corrected chi connectivity index (χ1v) is 14.5. The summed E-state index contributed by atoms with van der Waals surface area (Å²) < 4.78 is 33.5. The number of anilines is 1. The Kier molecular flexibility index (Phi) is 9.69. The number of nitrogens with one attached hydrogen (secondary N) is 1. The molecule has 2 saturated heterocycles. The highest BCUT2D eigenvalue weighted by Gasteiger charge is 2.50. The number of hydrogen-bond acceptors (Lipinski definition) is 11. The minimum Gasteiger partial charge on any atom is -0.543 e. The zero-order valence-corrected chi connectivity index (χ0v) is 24.4. The summed E-state index contributed by atoms with van der Waals surface area (Å²) in [5, 5.41) is 30.2. The van der Waals surface area contributed by atoms with Crippen LogP contribution in [-0.2, 0) is 37.1 Å². The molecule has 2 fully saturated rings. The normalized spacial score (nSPS) is 20.6. The van der Waals surface area contributed by atoms with Crippen LogP contribution in [0, 0.1) is 6.92 Å². The van der Waals surface area contributed by atoms with Crippen LogP contribution in [0.5, 0.6) is 0 Å². The number of halogens is 3. The first-order valence-electron chi connectivity index (χ1n) is 12.7. The van der Waals surface area contributed by atoms with E-state index in [1.54, 1.807) is 40.9 Å². The van der Waals surface area contributed by atoms with E-state index in [9.17, 15) is 37.5 Å². The van der Waals surface area contributed by atoms with E-state index >= 15 is 0 Å². The van der Waals surface area contributed by atoms with Crippen molar-refractivity contribution in [2.24, 2.45) is 5.73 Å². The number of nitrogens with zero attached hydrogens (tertiary/aromatic N) is 5. The molecular weight excluding hydrogens is 631 g/mol. The number of aromatic nitrogens is 3. The molecule has 5 rings (SSSR count). The Hall–Kier alpha value is -4.36. The minimum atomic E-state index is -5.08. The van der Waals surface area contributed by atoms with Gasteiger partial charge in [0.15, 0.2) is 12.4 Å². The summed E-state index contributed by atoms with van der Waals surface area (Å²) >= 11 is 2.66. The standard InChI is InChI=1S/C23H23N7O5S2.C2HF3O2/c1-12-26-27-23(37-12)25-16(31)10-28-5-2-3-13(8-28)9-29-6-4-14(19(29)32)7-15-11-36-21-17(24)20(33)30(21)18(15)22(34)35;3-2(4,5)1(6)7/h2-3,5,7-8,17,21H,4,6,9-11,24H2,1H3,(H-,25,27,31,34,35);(H,6,7)/t17-,21-;/m1./s1. The lowest BCUT2D eigenvalue weighted by molar-refractivity contribution is -0.684. The van der Waals surface area contributed by atoms with Gasteiger partial charge in [0.05, 0.1) is 18.2 Å². The third kappa shape index (κ3) is 7.40. The van der Waals surface area contributed by atoms with Crippen molar-refractivity contribution < 1.29 is 51.9 Å². The Bertz CT molecular complexity index is 1580. The highest BCUT2D eigenvalue weighted by molar-refractivity contribution is 8.00. The van der Waals surface area contributed by atoms with Gasteiger partial charge in [-0.05, 0) is 31.1 Å². The summed E-state index contributed by atoms with van der Waals surface area (Å²) in [6.07, 6.45) is 0.489. The summed E-state index contributed by atoms with van der Waals surface area (Å²) in [4.78, 5) is 61.1. The SMILES string of the molecule is Cc1nnc(NC(=O)C[n+]2cccc(CN3CCC(=CC4=C(C(=O)[O-])N5C(=O)[C@@H](N)[C@H]5SC4)C3=O)c2)s1.O=C(O)C(F)(F)F. The molecule has 0 bridgehead atoms. The Morgan fingerprint density at radius 1 is 1.30 bits per heavy atom. The summed E-state index contributed by atoms with van der Waals surface area (Å²) in [6.45, 7) is 2.67. The lowest BCUT2D eigenvalue weighted by atomic mass is 10.0. The number of nitrogens with two attached hydrogens (primary N) is 1. The molecule has 3 aliphatic rings. The monoisotopic (exact) mass is 655 g/mol. The fourth-order valence-electron chi connectivity index (χ4n) is 4.46. The first-order chi connectivity index (χ1) is 20.6. The van der Waals surface area contributed by atoms with Gasteiger partial charge in [0.1, 0.15) is 16.4 Å². The number of aryl methyl sites for hydroxylation is 1. The number of aliphatic carboxylic acids is 2. The van der Waals surface area contributed by atoms with Crippen molar-refractivity contribution in [3.8, 4) is 0 Å². The Labute approximate surface area is 255 Å². The van der Waals surface area contributed by atoms with Gasteiger partial charge in [-0.25, -0.2) is 4.79 Å². The van der Waals surface area contributed by atoms with Crippen LogP contribution in [-0.4, -0.2) is 84.7 Å². The van der Waals surface area contributed by atoms with Crippen LogP contribution in [0.25, 0.3) is 0 Å². The van der Waals surface area contributed by atoms with Gasteiger partial charge in [0.25, 0.3) is 5.91 Å². The zero-order chi connectivity index (χ0) is 32.3. The summed E-state index contributed by atoms with van der Waals surface area (Å²) in [6, 6.07) is 2.94. The molecule has 4 N–H and O–H groups in total. The second kappa shape index (κ2) is 13.1. The maximum Gasteiger partial charge on any atom is 0.490 e. The van der Waals surface area contributed by atoms with Gasteiger partial charge in [0.2, 0.25) is 23.5 Å². The molecule has 14 nitrogen and oxygen atoms in total. The highest BCUT2D eigenvalue weighted by Crippen LogP contribution is 2.40. The van der Waals surface area contributed by atoms with Crippen LogP contribution in [0.2, 0.25) is 0 Å². The summed E-state index contributed by atoms with van der Waals surface area (Å²) in [7, 11) is 0. The van der Waals surface area contributed by atoms with Gasteiger partial charge in [-0.3, -0.25) is 24.6 Å². The molecule has 0 aliphatic carbocycles. The average molecular weight is 656 g/mol. The third-order valence-corrected chi connectivity index (χ3v) is 8.51. The number of thioether (sulfide) groups is 1. The van der Waals surface area contributed by atoms with Crippen molar-refractivity contribution in [2.75, 3.05) is 17.6 Å². The predicted molar refractivity (Wildman–Crippen MR) is 145 cm³/mol. The van der Waals surface area contributed by atoms with Crippen molar-refractivity contribution in [1.82, 2.24) is 20.0 Å². The van der Waals surface area contributed by atoms with E-state index < -0.39 is 35.4 Å². The molecule has 0 saturated carbocycles. The van der Waals surface area contributed by atoms with Gasteiger partial charge >= 0.3 is 12.1 Å². The molecule has 0 radical (unpaired) electrons. The number of carbonyl (C=O) groups is 5. The topological polar surface area (TPSA) is 203 Å². The number of β-lactam (4-membered cyclic amide) rings is 1. The second-order valence-electron chi connectivity index (χ2n) is 9.61. The van der Waals surface area contributed by atoms with Crippen LogP contribution in [0.15, 0.2) is 47.4 Å². The van der Waals surface area contributed by atoms with Crippen LogP contribution in [0.4, 0.5) is 18.3 Å². The average Bonchev–Trinajstić information content (AvgIpc) is 3.51. The van der Waals surface area contributed by atoms with Crippen LogP contribution in [0.3, 0.4) is 0 Å². The van der Waals surface area contributed by atoms with E-state index in [0.29, 0.717) is 41.5 Å². The molecule has 19 heteroatoms. The Balaban J connectivity index is 0.000000566. The Morgan fingerprint density at radius 3 is 2.61 bits per heavy atom. The fourth-order valence-corrected chi connectivity index (χ4v) is 6.32. The summed E-state index contributed by atoms with van der Waals surface area (Å²) in [5.41, 5.74) is 7.26. The van der Waals surface area contributed by atoms with Crippen molar-refractivity contribution in [2.45, 2.75) is 44.0 Å². The lowest BCUT2D eigenvalue weighted by Gasteiger charge is -2.49. The summed E-state index contributed by atoms with van der Waals surface area (Å²) in [5.74, 6) is -4.81. The van der Waals surface area contributed by atoms with Crippen LogP contribution in [0.1, 0.15) is 17.0 Å². The van der Waals surface area contributed by atoms with Crippen LogP contribution < -0.4 is 20.7 Å². The van der Waals surface area contributed by atoms with Gasteiger partial charge in [0, 0.05) is 29.5 Å². The van der Waals surface area contributed by atoms with Crippen molar-refractivity contribution in [3.63, 3.8) is 0 Å². The van der Waals surface area contributed by atoms with Crippen molar-refractivity contribution in [1.29, 1.82) is 0 Å². The van der Waals surface area contributed by atoms with E-state index in [-0.39, 0.29) is 24.1 Å². The van der Waals surface area contributed by atoms with E-state index in [1.807, 2.05) is 6.07 Å². The molecule has 234 valence electrons. The van der Waals surface area contributed by atoms with Gasteiger partial charge in [-0.15, -0.1) is 22.0 Å². The highest BCUT2D eigenvalue weighted by atomic mass is 32.2. The van der Waals surface area contributed by atoms with E-state index in [4.69, 9.17) is 15.6 Å². The first kappa shape index (κ1) is 32.6. The number of carbonyl (C=O) groups excluding carboxylic acids is 4. The molecule has 2 aromatic heterocycles. The number of likely N-dealkylation sites (tertiary alicyclic amines) is 1. The molecular formula is C25H24F3N7O7S2. The Morgan fingerprint density at radius 2 is 2.00 bits per heavy atom. The number of fused-ring (bicyclic) bond motifs is 1. The van der Waals surface area contributed by atoms with Gasteiger partial charge in [-0.2, -0.15) is 17.7 Å². The van der Waals surface area contributed by atoms with Crippen molar-refractivity contribution >= 4 is 57.9 Å². The fraction of sp³-hybridized carbons (Fsp3) is 0.360. The number of carboxylic acids is 2. The number of carboxylic acid groups (broad SMARTS) is 2. The number of amides is 3. The molecule has 0 spiro atoms. The van der Waals surface area contributed by atoms with E-state index in [2.05, 4.69) is 15.5 Å². The number of pyridine rings is 1. The quantitative estimate of drug-likeness (QED) is 0.194.